The molecular formula is C56H117NP2S2. The van der Waals surface area contributed by atoms with Crippen LogP contribution >= 0.6 is 12.4 Å². The Morgan fingerprint density at radius 2 is 0.311 bits per heavy atom. The second kappa shape index (κ2) is 50.7. The molecule has 0 unspecified atom stereocenters. The monoisotopic (exact) mass is 930 g/mol. The van der Waals surface area contributed by atoms with Crippen molar-refractivity contribution in [3.05, 3.63) is 0 Å². The molecule has 0 atom stereocenters. The van der Waals surface area contributed by atoms with Gasteiger partial charge in [-0.05, 0) is 50.3 Å². The maximum atomic E-state index is 6.86. The highest BCUT2D eigenvalue weighted by Gasteiger charge is 2.25. The van der Waals surface area contributed by atoms with Gasteiger partial charge in [0.15, 0.2) is 0 Å². The van der Waals surface area contributed by atoms with Crippen molar-refractivity contribution < 1.29 is 0 Å². The van der Waals surface area contributed by atoms with Crippen LogP contribution in [0.5, 0.6) is 0 Å². The minimum absolute atomic E-state index is 1.27. The van der Waals surface area contributed by atoms with Crippen LogP contribution in [-0.4, -0.2) is 24.6 Å². The third-order valence-corrected chi connectivity index (χ3v) is 24.6. The van der Waals surface area contributed by atoms with E-state index in [9.17, 15) is 0 Å². The molecule has 0 heterocycles. The zero-order chi connectivity index (χ0) is 44.5. The second-order valence-electron chi connectivity index (χ2n) is 20.3. The fourth-order valence-electron chi connectivity index (χ4n) is 9.59. The fraction of sp³-hybridized carbons (Fsp3) is 1.00. The van der Waals surface area contributed by atoms with Crippen LogP contribution in [-0.2, 0) is 23.6 Å². The molecule has 368 valence electrons. The molecule has 5 heteroatoms. The van der Waals surface area contributed by atoms with Gasteiger partial charge in [-0.25, -0.2) is 0 Å². The first kappa shape index (κ1) is 62.3. The average molecular weight is 931 g/mol. The molecule has 0 saturated heterocycles. The zero-order valence-corrected chi connectivity index (χ0v) is 46.4. The topological polar surface area (TPSA) is 12.0 Å². The Bertz CT molecular complexity index is 788. The summed E-state index contributed by atoms with van der Waals surface area (Å²) in [6, 6.07) is 0. The Morgan fingerprint density at radius 3 is 0.443 bits per heavy atom. The van der Waals surface area contributed by atoms with Crippen LogP contribution in [0.1, 0.15) is 336 Å². The maximum Gasteiger partial charge on any atom is 0.0164 e. The third-order valence-electron chi connectivity index (χ3n) is 13.9. The molecule has 0 aromatic heterocycles. The Morgan fingerprint density at radius 1 is 0.197 bits per heavy atom. The molecular weight excluding hydrogens is 813 g/mol. The largest absolute Gasteiger partial charge is 0.259 e. The Hall–Kier alpha value is 1.26. The van der Waals surface area contributed by atoms with Crippen LogP contribution in [0.15, 0.2) is 0 Å². The Balaban J connectivity index is 5.12. The molecule has 0 radical (unpaired) electrons. The summed E-state index contributed by atoms with van der Waals surface area (Å²) < 4.78 is 0. The van der Waals surface area contributed by atoms with Gasteiger partial charge in [0.25, 0.3) is 0 Å². The van der Waals surface area contributed by atoms with Crippen molar-refractivity contribution >= 4 is 36.0 Å². The number of unbranched alkanes of at least 4 members (excludes halogenated alkanes) is 44. The molecule has 0 aromatic rings. The number of hydrogen-bond donors (Lipinski definition) is 1. The van der Waals surface area contributed by atoms with Crippen LogP contribution < -0.4 is 4.86 Å². The summed E-state index contributed by atoms with van der Waals surface area (Å²) in [5.41, 5.74) is 0. The molecule has 0 amide bonds. The summed E-state index contributed by atoms with van der Waals surface area (Å²) in [5.74, 6) is 0. The predicted molar refractivity (Wildman–Crippen MR) is 295 cm³/mol. The first-order valence-electron chi connectivity index (χ1n) is 28.9. The molecule has 0 saturated carbocycles. The predicted octanol–water partition coefficient (Wildman–Crippen LogP) is 22.2. The van der Waals surface area contributed by atoms with E-state index in [-0.39, 0.29) is 0 Å². The summed E-state index contributed by atoms with van der Waals surface area (Å²) in [5, 5.41) is 0. The number of hydrogen-bond acceptors (Lipinski definition) is 2. The molecule has 1 nitrogen and oxygen atoms in total. The zero-order valence-electron chi connectivity index (χ0n) is 43.0. The van der Waals surface area contributed by atoms with E-state index in [1.54, 1.807) is 0 Å². The first-order valence-corrected chi connectivity index (χ1v) is 35.3. The molecule has 1 N–H and O–H groups in total. The quantitative estimate of drug-likeness (QED) is 0.0482. The van der Waals surface area contributed by atoms with Crippen molar-refractivity contribution in [1.82, 2.24) is 4.86 Å². The Kier molecular flexibility index (Phi) is 51.7. The average Bonchev–Trinajstić information content (AvgIpc) is 3.25. The molecule has 0 aliphatic carbocycles. The van der Waals surface area contributed by atoms with Crippen LogP contribution in [0.4, 0.5) is 0 Å². The van der Waals surface area contributed by atoms with E-state index >= 15 is 0 Å². The van der Waals surface area contributed by atoms with Gasteiger partial charge >= 0.3 is 0 Å². The van der Waals surface area contributed by atoms with Gasteiger partial charge in [0, 0.05) is 12.4 Å². The molecule has 0 aromatic carbocycles. The highest BCUT2D eigenvalue weighted by atomic mass is 32.5. The first-order chi connectivity index (χ1) is 29.9. The van der Waals surface area contributed by atoms with Gasteiger partial charge in [0.05, 0.1) is 0 Å². The van der Waals surface area contributed by atoms with E-state index in [0.29, 0.717) is 0 Å². The summed E-state index contributed by atoms with van der Waals surface area (Å²) in [6.07, 6.45) is 70.0. The van der Waals surface area contributed by atoms with Crippen molar-refractivity contribution in [2.45, 2.75) is 336 Å². The van der Waals surface area contributed by atoms with Gasteiger partial charge in [0.2, 0.25) is 0 Å². The second-order valence-corrected chi connectivity index (χ2v) is 30.7. The fourth-order valence-corrected chi connectivity index (χ4v) is 22.1. The molecule has 0 rings (SSSR count). The smallest absolute Gasteiger partial charge is 0.0164 e. The summed E-state index contributed by atoms with van der Waals surface area (Å²) in [4.78, 5) is 4.42. The van der Waals surface area contributed by atoms with E-state index in [0.717, 1.165) is 0 Å². The highest BCUT2D eigenvalue weighted by molar-refractivity contribution is 8.22. The van der Waals surface area contributed by atoms with Crippen LogP contribution in [0.3, 0.4) is 0 Å². The van der Waals surface area contributed by atoms with Gasteiger partial charge in [-0.1, -0.05) is 334 Å². The van der Waals surface area contributed by atoms with E-state index in [1.165, 1.54) is 333 Å². The van der Waals surface area contributed by atoms with E-state index in [1.807, 2.05) is 0 Å². The lowest BCUT2D eigenvalue weighted by molar-refractivity contribution is 0.547. The minimum atomic E-state index is -1.64. The van der Waals surface area contributed by atoms with E-state index < -0.39 is 12.4 Å². The lowest BCUT2D eigenvalue weighted by Crippen LogP contribution is -2.17. The van der Waals surface area contributed by atoms with E-state index in [2.05, 4.69) is 32.6 Å². The van der Waals surface area contributed by atoms with E-state index in [4.69, 9.17) is 23.6 Å². The molecule has 0 spiro atoms. The highest BCUT2D eigenvalue weighted by Crippen LogP contribution is 2.57. The number of nitrogens with one attached hydrogen (secondary N) is 1. The van der Waals surface area contributed by atoms with Gasteiger partial charge < -0.3 is 0 Å². The molecule has 0 aliphatic rings. The van der Waals surface area contributed by atoms with Crippen molar-refractivity contribution in [2.24, 2.45) is 0 Å². The van der Waals surface area contributed by atoms with Crippen LogP contribution in [0.25, 0.3) is 0 Å². The SMILES string of the molecule is CCCCCCCCCCCCCCP(=S)(CCCCCCCCCCCCCC)NP(=S)(CCCCCCCCCCCCCC)CCCCCCCCCCCCCC. The summed E-state index contributed by atoms with van der Waals surface area (Å²) >= 11 is 13.7. The van der Waals surface area contributed by atoms with Crippen LogP contribution in [0.2, 0.25) is 0 Å². The van der Waals surface area contributed by atoms with Gasteiger partial charge in [0.1, 0.15) is 0 Å². The molecule has 61 heavy (non-hydrogen) atoms. The summed E-state index contributed by atoms with van der Waals surface area (Å²) in [6.45, 7) is 9.29. The number of rotatable bonds is 54. The third kappa shape index (κ3) is 47.6. The normalized spacial score (nSPS) is 12.3. The van der Waals surface area contributed by atoms with Crippen molar-refractivity contribution in [3.8, 4) is 0 Å². The van der Waals surface area contributed by atoms with Crippen molar-refractivity contribution in [1.29, 1.82) is 0 Å². The molecule has 0 fully saturated rings. The standard InChI is InChI=1S/C56H117NP2S2/c1-5-9-13-17-21-25-29-33-37-41-45-49-53-58(60,54-50-46-42-38-34-30-26-22-18-14-10-6-2)57-59(61,55-51-47-43-39-35-31-27-23-19-15-11-7-3)56-52-48-44-40-36-32-28-24-20-16-12-8-4/h5-56H2,1-4H3,(H,57,60,61). The van der Waals surface area contributed by atoms with Gasteiger partial charge in [-0.2, -0.15) is 0 Å². The Labute approximate surface area is 399 Å². The summed E-state index contributed by atoms with van der Waals surface area (Å²) in [7, 11) is 0. The van der Waals surface area contributed by atoms with Gasteiger partial charge in [-0.15, -0.1) is 0 Å². The van der Waals surface area contributed by atoms with Crippen LogP contribution in [0, 0.1) is 0 Å². The molecule has 0 aliphatic heterocycles. The lowest BCUT2D eigenvalue weighted by Gasteiger charge is -2.33. The molecule has 0 bridgehead atoms. The lowest BCUT2D eigenvalue weighted by atomic mass is 10.1. The maximum absolute atomic E-state index is 6.86. The van der Waals surface area contributed by atoms with Crippen molar-refractivity contribution in [3.63, 3.8) is 0 Å². The van der Waals surface area contributed by atoms with Gasteiger partial charge in [-0.3, -0.25) is 4.86 Å². The van der Waals surface area contributed by atoms with Crippen molar-refractivity contribution in [2.75, 3.05) is 24.6 Å². The minimum Gasteiger partial charge on any atom is -0.259 e.